The average molecular weight is 578 g/mol. The highest BCUT2D eigenvalue weighted by molar-refractivity contribution is 6.62. The summed E-state index contributed by atoms with van der Waals surface area (Å²) in [5.74, 6) is -1.89. The molecule has 2 aromatic rings. The highest BCUT2D eigenvalue weighted by atomic mass is 16.5. The first-order valence-corrected chi connectivity index (χ1v) is 14.2. The number of carbonyl (C=O) groups excluding carboxylic acids is 4. The molecule has 2 aliphatic heterocycles. The molecular weight excluding hydrogens is 542 g/mol. The molecule has 2 atom stereocenters. The van der Waals surface area contributed by atoms with E-state index < -0.39 is 44.0 Å². The van der Waals surface area contributed by atoms with Crippen LogP contribution in [0.5, 0.6) is 0 Å². The maximum Gasteiger partial charge on any atom is 0.491 e. The first kappa shape index (κ1) is 31.2. The second-order valence-electron chi connectivity index (χ2n) is 10.5. The topological polar surface area (TPSA) is 175 Å². The third-order valence-electron chi connectivity index (χ3n) is 7.32. The van der Waals surface area contributed by atoms with Crippen LogP contribution in [0.4, 0.5) is 0 Å². The molecule has 12 nitrogen and oxygen atoms in total. The summed E-state index contributed by atoms with van der Waals surface area (Å²) in [4.78, 5) is 51.7. The van der Waals surface area contributed by atoms with Crippen LogP contribution in [-0.2, 0) is 32.1 Å². The second-order valence-corrected chi connectivity index (χ2v) is 10.5. The first-order valence-electron chi connectivity index (χ1n) is 14.2. The third-order valence-corrected chi connectivity index (χ3v) is 7.32. The summed E-state index contributed by atoms with van der Waals surface area (Å²) in [7, 11) is -2.27. The summed E-state index contributed by atoms with van der Waals surface area (Å²) in [6, 6.07) is 7.47. The summed E-state index contributed by atoms with van der Waals surface area (Å²) in [5, 5.41) is 31.0. The van der Waals surface area contributed by atoms with Crippen LogP contribution < -0.4 is 32.2 Å². The normalized spacial score (nSPS) is 15.0. The van der Waals surface area contributed by atoms with Gasteiger partial charge >= 0.3 is 14.2 Å². The van der Waals surface area contributed by atoms with Crippen molar-refractivity contribution in [3.63, 3.8) is 0 Å². The van der Waals surface area contributed by atoms with Crippen LogP contribution in [0.1, 0.15) is 71.4 Å². The Kier molecular flexibility index (Phi) is 10.7. The minimum absolute atomic E-state index is 0.0383. The molecule has 0 radical (unpaired) electrons. The van der Waals surface area contributed by atoms with Crippen LogP contribution in [0, 0.1) is 0 Å². The van der Waals surface area contributed by atoms with Crippen LogP contribution in [0.15, 0.2) is 36.4 Å². The maximum atomic E-state index is 13.3. The Balaban J connectivity index is 1.43. The van der Waals surface area contributed by atoms with Gasteiger partial charge in [-0.1, -0.05) is 31.9 Å². The summed E-state index contributed by atoms with van der Waals surface area (Å²) in [6.07, 6.45) is 2.98. The smallest absolute Gasteiger partial charge is 0.423 e. The lowest BCUT2D eigenvalue weighted by Crippen LogP contribution is -2.57. The maximum absolute atomic E-state index is 13.3. The third kappa shape index (κ3) is 7.77. The van der Waals surface area contributed by atoms with Gasteiger partial charge in [0.25, 0.3) is 11.8 Å². The van der Waals surface area contributed by atoms with Crippen molar-refractivity contribution < 1.29 is 38.5 Å². The summed E-state index contributed by atoms with van der Waals surface area (Å²) < 4.78 is 10.4. The van der Waals surface area contributed by atoms with Gasteiger partial charge in [0, 0.05) is 30.6 Å². The van der Waals surface area contributed by atoms with Gasteiger partial charge in [-0.2, -0.15) is 0 Å². The Morgan fingerprint density at radius 2 is 1.40 bits per heavy atom. The van der Waals surface area contributed by atoms with Crippen molar-refractivity contribution in [2.24, 2.45) is 0 Å². The molecule has 0 fully saturated rings. The van der Waals surface area contributed by atoms with Gasteiger partial charge in [0.2, 0.25) is 11.8 Å². The van der Waals surface area contributed by atoms with Gasteiger partial charge in [-0.05, 0) is 59.7 Å². The fourth-order valence-corrected chi connectivity index (χ4v) is 4.83. The molecule has 222 valence electrons. The average Bonchev–Trinajstić information content (AvgIpc) is 3.54. The van der Waals surface area contributed by atoms with Gasteiger partial charge in [-0.25, -0.2) is 0 Å². The van der Waals surface area contributed by atoms with E-state index >= 15 is 0 Å². The number of hydrogen-bond acceptors (Lipinski definition) is 8. The van der Waals surface area contributed by atoms with Crippen LogP contribution in [0.25, 0.3) is 0 Å². The van der Waals surface area contributed by atoms with Gasteiger partial charge in [0.1, 0.15) is 6.04 Å². The molecule has 0 bridgehead atoms. The van der Waals surface area contributed by atoms with Crippen molar-refractivity contribution in [2.45, 2.75) is 64.8 Å². The van der Waals surface area contributed by atoms with Gasteiger partial charge in [-0.15, -0.1) is 0 Å². The molecule has 2 aromatic carbocycles. The monoisotopic (exact) mass is 578 g/mol. The number of rotatable bonds is 13. The molecule has 0 saturated heterocycles. The number of nitrogens with one attached hydrogen (secondary N) is 4. The lowest BCUT2D eigenvalue weighted by molar-refractivity contribution is -0.124. The van der Waals surface area contributed by atoms with E-state index in [2.05, 4.69) is 28.2 Å². The molecule has 6 N–H and O–H groups in total. The van der Waals surface area contributed by atoms with Crippen molar-refractivity contribution >= 4 is 48.8 Å². The van der Waals surface area contributed by atoms with E-state index in [4.69, 9.17) is 9.31 Å². The molecule has 0 aliphatic carbocycles. The quantitative estimate of drug-likeness (QED) is 0.128. The molecule has 2 aliphatic rings. The number of hydrogen-bond donors (Lipinski definition) is 6. The fraction of sp³-hybridized carbons (Fsp3) is 0.429. The minimum Gasteiger partial charge on any atom is -0.423 e. The Hall–Kier alpha value is -3.71. The Labute approximate surface area is 245 Å². The van der Waals surface area contributed by atoms with E-state index in [0.717, 1.165) is 30.4 Å². The fourth-order valence-electron chi connectivity index (χ4n) is 4.83. The van der Waals surface area contributed by atoms with Crippen molar-refractivity contribution in [1.82, 2.24) is 21.3 Å². The molecule has 0 spiro atoms. The predicted molar refractivity (Wildman–Crippen MR) is 156 cm³/mol. The van der Waals surface area contributed by atoms with E-state index in [-0.39, 0.29) is 43.2 Å². The SMILES string of the molecule is CCCCCNC(=O)CCNC(=O)[C@@H](NC(=O)c1ccc2c(c1)B(O)OC2)[C@H](C)NC(=O)c1ccc2c(c1)B(O)OC2. The van der Waals surface area contributed by atoms with Crippen molar-refractivity contribution in [3.8, 4) is 0 Å². The highest BCUT2D eigenvalue weighted by Gasteiger charge is 2.32. The Morgan fingerprint density at radius 1 is 0.833 bits per heavy atom. The number of amides is 4. The van der Waals surface area contributed by atoms with Gasteiger partial charge in [0.15, 0.2) is 0 Å². The molecule has 4 rings (SSSR count). The summed E-state index contributed by atoms with van der Waals surface area (Å²) in [6.45, 7) is 4.72. The first-order chi connectivity index (χ1) is 20.2. The number of unbranched alkanes of at least 4 members (excludes halogenated alkanes) is 2. The van der Waals surface area contributed by atoms with Crippen LogP contribution in [0.3, 0.4) is 0 Å². The van der Waals surface area contributed by atoms with E-state index in [1.165, 1.54) is 12.1 Å². The van der Waals surface area contributed by atoms with Crippen LogP contribution in [0.2, 0.25) is 0 Å². The van der Waals surface area contributed by atoms with Gasteiger partial charge in [0.05, 0.1) is 19.3 Å². The highest BCUT2D eigenvalue weighted by Crippen LogP contribution is 2.13. The minimum atomic E-state index is -1.20. The Bertz CT molecular complexity index is 1330. The molecular formula is C28H36B2N4O8. The molecule has 0 aromatic heterocycles. The molecule has 0 unspecified atom stereocenters. The van der Waals surface area contributed by atoms with Gasteiger partial charge < -0.3 is 40.6 Å². The van der Waals surface area contributed by atoms with Crippen LogP contribution in [-0.4, -0.2) is 73.1 Å². The second kappa shape index (κ2) is 14.5. The largest absolute Gasteiger partial charge is 0.491 e. The van der Waals surface area contributed by atoms with Crippen molar-refractivity contribution in [2.75, 3.05) is 13.1 Å². The summed E-state index contributed by atoms with van der Waals surface area (Å²) in [5.41, 5.74) is 2.95. The molecule has 2 heterocycles. The zero-order chi connectivity index (χ0) is 30.2. The number of fused-ring (bicyclic) bond motifs is 2. The molecule has 4 amide bonds. The number of carbonyl (C=O) groups is 4. The molecule has 14 heteroatoms. The zero-order valence-electron chi connectivity index (χ0n) is 23.8. The lowest BCUT2D eigenvalue weighted by atomic mass is 9.78. The van der Waals surface area contributed by atoms with E-state index in [1.807, 2.05) is 0 Å². The standard InChI is InChI=1S/C28H36B2N4O8/c1-3-4-5-11-31-24(35)10-12-32-28(38)25(34-27(37)19-7-9-21-16-42-30(40)23(21)14-19)17(2)33-26(36)18-6-8-20-15-41-29(39)22(20)13-18/h6-9,13-14,17,25,39-40H,3-5,10-12,15-16H2,1-2H3,(H,31,35)(H,32,38)(H,33,36)(H,34,37)/t17-,25-/m0/s1. The van der Waals surface area contributed by atoms with Crippen LogP contribution >= 0.6 is 0 Å². The zero-order valence-corrected chi connectivity index (χ0v) is 23.8. The lowest BCUT2D eigenvalue weighted by Gasteiger charge is -2.25. The van der Waals surface area contributed by atoms with Gasteiger partial charge in [-0.3, -0.25) is 19.2 Å². The number of benzene rings is 2. The molecule has 42 heavy (non-hydrogen) atoms. The van der Waals surface area contributed by atoms with E-state index in [1.54, 1.807) is 31.2 Å². The predicted octanol–water partition coefficient (Wildman–Crippen LogP) is -1.15. The molecule has 0 saturated carbocycles. The van der Waals surface area contributed by atoms with Crippen molar-refractivity contribution in [1.29, 1.82) is 0 Å². The van der Waals surface area contributed by atoms with E-state index in [0.29, 0.717) is 17.5 Å². The van der Waals surface area contributed by atoms with Crippen molar-refractivity contribution in [3.05, 3.63) is 58.7 Å². The van der Waals surface area contributed by atoms with E-state index in [9.17, 15) is 29.2 Å². The summed E-state index contributed by atoms with van der Waals surface area (Å²) >= 11 is 0. The Morgan fingerprint density at radius 3 is 1.98 bits per heavy atom.